The Hall–Kier alpha value is -0.210. The lowest BCUT2D eigenvalue weighted by atomic mass is 10.4. The van der Waals surface area contributed by atoms with Crippen molar-refractivity contribution in [1.29, 1.82) is 0 Å². The molecule has 96 valence electrons. The highest BCUT2D eigenvalue weighted by Crippen LogP contribution is 2.00. The fraction of sp³-hybridized carbons (Fsp3) is 1.00. The molecule has 1 heterocycles. The first kappa shape index (κ1) is 13.9. The van der Waals surface area contributed by atoms with E-state index in [1.165, 1.54) is 10.6 Å². The molecule has 16 heavy (non-hydrogen) atoms. The van der Waals surface area contributed by atoms with Gasteiger partial charge in [0.2, 0.25) is 10.0 Å². The number of nitrogens with zero attached hydrogens (tertiary/aromatic N) is 2. The first-order chi connectivity index (χ1) is 7.54. The lowest BCUT2D eigenvalue weighted by Gasteiger charge is -2.29. The molecule has 0 aromatic carbocycles. The Morgan fingerprint density at radius 3 is 2.44 bits per heavy atom. The van der Waals surface area contributed by atoms with Gasteiger partial charge in [-0.1, -0.05) is 0 Å². The monoisotopic (exact) mass is 251 g/mol. The molecular formula is C9H21N3O3S. The minimum absolute atomic E-state index is 0.357. The smallest absolute Gasteiger partial charge is 0.211 e. The number of morpholine rings is 1. The van der Waals surface area contributed by atoms with Crippen molar-refractivity contribution in [2.45, 2.75) is 0 Å². The van der Waals surface area contributed by atoms with Gasteiger partial charge in [-0.2, -0.15) is 4.31 Å². The van der Waals surface area contributed by atoms with Crippen LogP contribution in [0.2, 0.25) is 0 Å². The number of ether oxygens (including phenoxy) is 1. The molecule has 1 fully saturated rings. The van der Waals surface area contributed by atoms with E-state index in [2.05, 4.69) is 4.90 Å². The molecule has 0 spiro atoms. The number of hydrogen-bond acceptors (Lipinski definition) is 5. The highest BCUT2D eigenvalue weighted by Gasteiger charge is 2.17. The molecule has 0 atom stereocenters. The van der Waals surface area contributed by atoms with Crippen molar-refractivity contribution in [3.8, 4) is 0 Å². The average molecular weight is 251 g/mol. The number of rotatable bonds is 6. The second-order valence-electron chi connectivity index (χ2n) is 3.90. The first-order valence-electron chi connectivity index (χ1n) is 5.49. The Morgan fingerprint density at radius 2 is 1.94 bits per heavy atom. The Labute approximate surface area is 97.4 Å². The van der Waals surface area contributed by atoms with E-state index in [1.54, 1.807) is 0 Å². The maximum atomic E-state index is 11.4. The van der Waals surface area contributed by atoms with E-state index in [1.807, 2.05) is 0 Å². The van der Waals surface area contributed by atoms with Crippen LogP contribution in [0.4, 0.5) is 0 Å². The van der Waals surface area contributed by atoms with Crippen molar-refractivity contribution < 1.29 is 13.2 Å². The van der Waals surface area contributed by atoms with Crippen LogP contribution < -0.4 is 5.73 Å². The van der Waals surface area contributed by atoms with Crippen LogP contribution >= 0.6 is 0 Å². The van der Waals surface area contributed by atoms with Crippen molar-refractivity contribution in [2.24, 2.45) is 5.73 Å². The third-order valence-electron chi connectivity index (χ3n) is 2.62. The van der Waals surface area contributed by atoms with Crippen molar-refractivity contribution in [3.05, 3.63) is 0 Å². The van der Waals surface area contributed by atoms with Crippen LogP contribution in [0.25, 0.3) is 0 Å². The van der Waals surface area contributed by atoms with Gasteiger partial charge in [-0.05, 0) is 0 Å². The van der Waals surface area contributed by atoms with Crippen LogP contribution in [0, 0.1) is 0 Å². The molecule has 0 saturated carbocycles. The van der Waals surface area contributed by atoms with E-state index in [4.69, 9.17) is 10.5 Å². The molecule has 1 rings (SSSR count). The summed E-state index contributed by atoms with van der Waals surface area (Å²) in [6, 6.07) is 0. The van der Waals surface area contributed by atoms with Gasteiger partial charge < -0.3 is 10.5 Å². The van der Waals surface area contributed by atoms with Crippen LogP contribution in [0.15, 0.2) is 0 Å². The second-order valence-corrected chi connectivity index (χ2v) is 5.89. The Bertz CT molecular complexity index is 288. The molecule has 1 saturated heterocycles. The molecular weight excluding hydrogens is 230 g/mol. The normalized spacial score (nSPS) is 19.2. The third-order valence-corrected chi connectivity index (χ3v) is 3.92. The summed E-state index contributed by atoms with van der Waals surface area (Å²) in [6.07, 6.45) is 1.22. The lowest BCUT2D eigenvalue weighted by molar-refractivity contribution is 0.0364. The average Bonchev–Trinajstić information content (AvgIpc) is 2.24. The maximum Gasteiger partial charge on any atom is 0.211 e. The molecule has 0 aromatic rings. The van der Waals surface area contributed by atoms with Crippen LogP contribution in [-0.4, -0.2) is 76.4 Å². The van der Waals surface area contributed by atoms with Gasteiger partial charge >= 0.3 is 0 Å². The Morgan fingerprint density at radius 1 is 1.31 bits per heavy atom. The van der Waals surface area contributed by atoms with Crippen LogP contribution in [0.5, 0.6) is 0 Å². The lowest BCUT2D eigenvalue weighted by Crippen LogP contribution is -2.44. The topological polar surface area (TPSA) is 75.9 Å². The SMILES string of the molecule is CS(=O)(=O)N(CCN)CCN1CCOCC1. The van der Waals surface area contributed by atoms with Gasteiger partial charge in [-0.15, -0.1) is 0 Å². The maximum absolute atomic E-state index is 11.4. The van der Waals surface area contributed by atoms with E-state index in [0.29, 0.717) is 19.6 Å². The highest BCUT2D eigenvalue weighted by molar-refractivity contribution is 7.88. The van der Waals surface area contributed by atoms with Crippen LogP contribution in [0.1, 0.15) is 0 Å². The standard InChI is InChI=1S/C9H21N3O3S/c1-16(13,14)12(3-2-10)5-4-11-6-8-15-9-7-11/h2-10H2,1H3. The molecule has 0 unspecified atom stereocenters. The molecule has 0 amide bonds. The second kappa shape index (κ2) is 6.51. The van der Waals surface area contributed by atoms with E-state index >= 15 is 0 Å². The summed E-state index contributed by atoms with van der Waals surface area (Å²) in [5.41, 5.74) is 5.40. The summed E-state index contributed by atoms with van der Waals surface area (Å²) in [7, 11) is -3.13. The number of nitrogens with two attached hydrogens (primary N) is 1. The van der Waals surface area contributed by atoms with E-state index in [-0.39, 0.29) is 0 Å². The van der Waals surface area contributed by atoms with Gasteiger partial charge in [-0.25, -0.2) is 8.42 Å². The summed E-state index contributed by atoms with van der Waals surface area (Å²) in [4.78, 5) is 2.21. The number of sulfonamides is 1. The predicted octanol–water partition coefficient (Wildman–Crippen LogP) is -1.46. The van der Waals surface area contributed by atoms with Gasteiger partial charge in [0.05, 0.1) is 19.5 Å². The fourth-order valence-electron chi connectivity index (χ4n) is 1.67. The molecule has 1 aliphatic rings. The van der Waals surface area contributed by atoms with Gasteiger partial charge in [0.25, 0.3) is 0 Å². The zero-order valence-corrected chi connectivity index (χ0v) is 10.6. The predicted molar refractivity (Wildman–Crippen MR) is 62.7 cm³/mol. The summed E-state index contributed by atoms with van der Waals surface area (Å²) < 4.78 is 29.5. The van der Waals surface area contributed by atoms with Gasteiger partial charge in [0, 0.05) is 39.3 Å². The zero-order chi connectivity index (χ0) is 12.0. The number of hydrogen-bond donors (Lipinski definition) is 1. The summed E-state index contributed by atoms with van der Waals surface area (Å²) in [6.45, 7) is 5.22. The third kappa shape index (κ3) is 4.75. The Balaban J connectivity index is 2.37. The molecule has 0 aliphatic carbocycles. The first-order valence-corrected chi connectivity index (χ1v) is 7.34. The van der Waals surface area contributed by atoms with E-state index in [0.717, 1.165) is 32.8 Å². The minimum atomic E-state index is -3.13. The van der Waals surface area contributed by atoms with Gasteiger partial charge in [-0.3, -0.25) is 4.90 Å². The molecule has 2 N–H and O–H groups in total. The van der Waals surface area contributed by atoms with Crippen molar-refractivity contribution in [1.82, 2.24) is 9.21 Å². The Kier molecular flexibility index (Phi) is 5.63. The quantitative estimate of drug-likeness (QED) is 0.624. The van der Waals surface area contributed by atoms with E-state index in [9.17, 15) is 8.42 Å². The van der Waals surface area contributed by atoms with Crippen molar-refractivity contribution in [3.63, 3.8) is 0 Å². The van der Waals surface area contributed by atoms with Crippen LogP contribution in [-0.2, 0) is 14.8 Å². The van der Waals surface area contributed by atoms with Crippen molar-refractivity contribution in [2.75, 3.05) is 58.7 Å². The summed E-state index contributed by atoms with van der Waals surface area (Å²) in [5.74, 6) is 0. The highest BCUT2D eigenvalue weighted by atomic mass is 32.2. The summed E-state index contributed by atoms with van der Waals surface area (Å²) >= 11 is 0. The zero-order valence-electron chi connectivity index (χ0n) is 9.76. The van der Waals surface area contributed by atoms with Crippen LogP contribution in [0.3, 0.4) is 0 Å². The van der Waals surface area contributed by atoms with E-state index < -0.39 is 10.0 Å². The molecule has 0 bridgehead atoms. The fourth-order valence-corrected chi connectivity index (χ4v) is 2.52. The molecule has 0 radical (unpaired) electrons. The molecule has 6 nitrogen and oxygen atoms in total. The van der Waals surface area contributed by atoms with Gasteiger partial charge in [0.1, 0.15) is 0 Å². The van der Waals surface area contributed by atoms with Crippen molar-refractivity contribution >= 4 is 10.0 Å². The molecule has 0 aromatic heterocycles. The van der Waals surface area contributed by atoms with Gasteiger partial charge in [0.15, 0.2) is 0 Å². The molecule has 1 aliphatic heterocycles. The largest absolute Gasteiger partial charge is 0.379 e. The minimum Gasteiger partial charge on any atom is -0.379 e. The summed E-state index contributed by atoms with van der Waals surface area (Å²) in [5, 5.41) is 0. The molecule has 7 heteroatoms.